The molecule has 0 spiro atoms. The van der Waals surface area contributed by atoms with E-state index in [0.717, 1.165) is 32.5 Å². The van der Waals surface area contributed by atoms with Crippen LogP contribution in [0.2, 0.25) is 0 Å². The molecule has 3 atom stereocenters. The maximum Gasteiger partial charge on any atom is 0.275 e. The number of rotatable bonds is 6. The first kappa shape index (κ1) is 19.7. The van der Waals surface area contributed by atoms with Crippen LogP contribution in [0.1, 0.15) is 36.5 Å². The number of likely N-dealkylation sites (N-methyl/N-ethyl adjacent to an activating group) is 1. The van der Waals surface area contributed by atoms with E-state index in [1.807, 2.05) is 50.4 Å². The van der Waals surface area contributed by atoms with Crippen LogP contribution in [0.3, 0.4) is 0 Å². The van der Waals surface area contributed by atoms with E-state index in [2.05, 4.69) is 18.3 Å². The van der Waals surface area contributed by atoms with E-state index >= 15 is 0 Å². The van der Waals surface area contributed by atoms with E-state index in [1.165, 1.54) is 4.70 Å². The van der Waals surface area contributed by atoms with Crippen LogP contribution < -0.4 is 19.7 Å². The van der Waals surface area contributed by atoms with Gasteiger partial charge in [-0.25, -0.2) is 4.98 Å². The SMILES string of the molecule is C[C@@H](NC(=O)C[NH+](C)[C@@H](C)c1nc2ccccc2s1)c1ccc2c(c1)OCCO2. The third-order valence-corrected chi connectivity index (χ3v) is 6.52. The smallest absolute Gasteiger partial charge is 0.275 e. The van der Waals surface area contributed by atoms with Crippen molar-refractivity contribution in [3.63, 3.8) is 0 Å². The molecule has 3 aromatic rings. The summed E-state index contributed by atoms with van der Waals surface area (Å²) >= 11 is 1.70. The number of hydrogen-bond donors (Lipinski definition) is 2. The van der Waals surface area contributed by atoms with Crippen LogP contribution in [0.15, 0.2) is 42.5 Å². The number of para-hydroxylation sites is 1. The first-order valence-electron chi connectivity index (χ1n) is 9.88. The van der Waals surface area contributed by atoms with Gasteiger partial charge in [-0.05, 0) is 43.7 Å². The van der Waals surface area contributed by atoms with E-state index in [-0.39, 0.29) is 18.0 Å². The van der Waals surface area contributed by atoms with Gasteiger partial charge in [0.25, 0.3) is 5.91 Å². The van der Waals surface area contributed by atoms with Crippen LogP contribution in [0, 0.1) is 0 Å². The maximum atomic E-state index is 12.6. The van der Waals surface area contributed by atoms with Gasteiger partial charge < -0.3 is 19.7 Å². The number of nitrogens with one attached hydrogen (secondary N) is 2. The third kappa shape index (κ3) is 4.36. The van der Waals surface area contributed by atoms with Crippen LogP contribution in [0.4, 0.5) is 0 Å². The van der Waals surface area contributed by atoms with Crippen molar-refractivity contribution < 1.29 is 19.2 Å². The number of hydrogen-bond acceptors (Lipinski definition) is 5. The summed E-state index contributed by atoms with van der Waals surface area (Å²) < 4.78 is 12.4. The fourth-order valence-electron chi connectivity index (χ4n) is 3.40. The molecular formula is C22H26N3O3S+. The number of carbonyl (C=O) groups excluding carboxylic acids is 1. The highest BCUT2D eigenvalue weighted by molar-refractivity contribution is 7.18. The second-order valence-corrected chi connectivity index (χ2v) is 8.52. The van der Waals surface area contributed by atoms with Gasteiger partial charge in [0, 0.05) is 0 Å². The Labute approximate surface area is 174 Å². The van der Waals surface area contributed by atoms with Gasteiger partial charge in [-0.15, -0.1) is 11.3 Å². The predicted molar refractivity (Wildman–Crippen MR) is 114 cm³/mol. The van der Waals surface area contributed by atoms with Crippen molar-refractivity contribution >= 4 is 27.5 Å². The molecule has 0 radical (unpaired) electrons. The molecule has 2 N–H and O–H groups in total. The summed E-state index contributed by atoms with van der Waals surface area (Å²) in [5.41, 5.74) is 2.02. The molecule has 0 bridgehead atoms. The number of aromatic nitrogens is 1. The Morgan fingerprint density at radius 3 is 2.72 bits per heavy atom. The Bertz CT molecular complexity index is 986. The highest BCUT2D eigenvalue weighted by Crippen LogP contribution is 2.32. The summed E-state index contributed by atoms with van der Waals surface area (Å²) in [7, 11) is 2.03. The fraction of sp³-hybridized carbons (Fsp3) is 0.364. The van der Waals surface area contributed by atoms with Crippen LogP contribution >= 0.6 is 11.3 Å². The summed E-state index contributed by atoms with van der Waals surface area (Å²) in [5.74, 6) is 1.51. The van der Waals surface area contributed by atoms with Crippen LogP contribution in [0.5, 0.6) is 11.5 Å². The Hall–Kier alpha value is -2.64. The van der Waals surface area contributed by atoms with Gasteiger partial charge in [-0.1, -0.05) is 18.2 Å². The van der Waals surface area contributed by atoms with Crippen LogP contribution in [-0.2, 0) is 4.79 Å². The second kappa shape index (κ2) is 8.39. The van der Waals surface area contributed by atoms with Crippen molar-refractivity contribution in [2.75, 3.05) is 26.8 Å². The molecule has 0 saturated carbocycles. The average Bonchev–Trinajstić information content (AvgIpc) is 3.16. The van der Waals surface area contributed by atoms with E-state index in [4.69, 9.17) is 14.5 Å². The largest absolute Gasteiger partial charge is 0.486 e. The molecule has 2 heterocycles. The van der Waals surface area contributed by atoms with E-state index in [1.54, 1.807) is 11.3 Å². The summed E-state index contributed by atoms with van der Waals surface area (Å²) in [6, 6.07) is 14.0. The molecule has 0 aliphatic carbocycles. The molecule has 152 valence electrons. The molecule has 1 aliphatic rings. The monoisotopic (exact) mass is 412 g/mol. The van der Waals surface area contributed by atoms with Crippen molar-refractivity contribution in [1.29, 1.82) is 0 Å². The molecule has 4 rings (SSSR count). The topological polar surface area (TPSA) is 64.9 Å². The molecule has 0 saturated heterocycles. The van der Waals surface area contributed by atoms with Crippen LogP contribution in [0.25, 0.3) is 10.2 Å². The van der Waals surface area contributed by atoms with Gasteiger partial charge in [0.1, 0.15) is 19.3 Å². The van der Waals surface area contributed by atoms with Crippen molar-refractivity contribution in [3.05, 3.63) is 53.0 Å². The van der Waals surface area contributed by atoms with E-state index in [9.17, 15) is 4.79 Å². The summed E-state index contributed by atoms with van der Waals surface area (Å²) in [6.07, 6.45) is 0. The Morgan fingerprint density at radius 2 is 1.93 bits per heavy atom. The fourth-order valence-corrected chi connectivity index (χ4v) is 4.51. The van der Waals surface area contributed by atoms with Gasteiger partial charge in [-0.3, -0.25) is 4.79 Å². The Morgan fingerprint density at radius 1 is 1.17 bits per heavy atom. The number of fused-ring (bicyclic) bond motifs is 2. The molecule has 1 amide bonds. The minimum absolute atomic E-state index is 0.0119. The predicted octanol–water partition coefficient (Wildman–Crippen LogP) is 2.52. The standard InChI is InChI=1S/C22H25N3O3S/c1-14(16-8-9-18-19(12-16)28-11-10-27-18)23-21(26)13-25(3)15(2)22-24-17-6-4-5-7-20(17)29-22/h4-9,12,14-15H,10-11,13H2,1-3H3,(H,23,26)/p+1/t14-,15+/m1/s1. The lowest BCUT2D eigenvalue weighted by molar-refractivity contribution is -0.902. The highest BCUT2D eigenvalue weighted by atomic mass is 32.1. The van der Waals surface area contributed by atoms with Gasteiger partial charge in [0.2, 0.25) is 0 Å². The Balaban J connectivity index is 1.37. The quantitative estimate of drug-likeness (QED) is 0.653. The van der Waals surface area contributed by atoms with Crippen molar-refractivity contribution in [2.24, 2.45) is 0 Å². The molecule has 7 heteroatoms. The second-order valence-electron chi connectivity index (χ2n) is 7.46. The number of thiazole rings is 1. The van der Waals surface area contributed by atoms with Crippen molar-refractivity contribution in [3.8, 4) is 11.5 Å². The molecule has 6 nitrogen and oxygen atoms in total. The number of quaternary nitrogens is 1. The Kier molecular flexibility index (Phi) is 5.69. The molecule has 1 aromatic heterocycles. The lowest BCUT2D eigenvalue weighted by Gasteiger charge is -2.22. The number of amides is 1. The van der Waals surface area contributed by atoms with Gasteiger partial charge in [0.05, 0.1) is 23.3 Å². The molecule has 0 fully saturated rings. The summed E-state index contributed by atoms with van der Waals surface area (Å²) in [6.45, 7) is 5.60. The van der Waals surface area contributed by atoms with Crippen LogP contribution in [-0.4, -0.2) is 37.7 Å². The van der Waals surface area contributed by atoms with Crippen molar-refractivity contribution in [1.82, 2.24) is 10.3 Å². The number of benzene rings is 2. The normalized spacial score (nSPS) is 16.2. The number of nitrogens with zero attached hydrogens (tertiary/aromatic N) is 1. The minimum atomic E-state index is -0.108. The summed E-state index contributed by atoms with van der Waals surface area (Å²) in [5, 5.41) is 4.15. The average molecular weight is 413 g/mol. The molecule has 2 aromatic carbocycles. The lowest BCUT2D eigenvalue weighted by Crippen LogP contribution is -3.10. The minimum Gasteiger partial charge on any atom is -0.486 e. The first-order chi connectivity index (χ1) is 14.0. The van der Waals surface area contributed by atoms with Crippen molar-refractivity contribution in [2.45, 2.75) is 25.9 Å². The summed E-state index contributed by atoms with van der Waals surface area (Å²) in [4.78, 5) is 18.5. The molecule has 29 heavy (non-hydrogen) atoms. The number of ether oxygens (including phenoxy) is 2. The third-order valence-electron chi connectivity index (χ3n) is 5.30. The zero-order valence-electron chi connectivity index (χ0n) is 16.9. The van der Waals surface area contributed by atoms with Gasteiger partial charge >= 0.3 is 0 Å². The number of carbonyl (C=O) groups is 1. The first-order valence-corrected chi connectivity index (χ1v) is 10.7. The van der Waals surface area contributed by atoms with E-state index in [0.29, 0.717) is 19.8 Å². The van der Waals surface area contributed by atoms with Gasteiger partial charge in [0.15, 0.2) is 23.1 Å². The lowest BCUT2D eigenvalue weighted by atomic mass is 10.1. The van der Waals surface area contributed by atoms with Gasteiger partial charge in [-0.2, -0.15) is 0 Å². The molecule has 1 aliphatic heterocycles. The zero-order chi connectivity index (χ0) is 20.4. The highest BCUT2D eigenvalue weighted by Gasteiger charge is 2.23. The zero-order valence-corrected chi connectivity index (χ0v) is 17.7. The molecular weight excluding hydrogens is 386 g/mol. The molecule has 1 unspecified atom stereocenters. The van der Waals surface area contributed by atoms with E-state index < -0.39 is 0 Å². The maximum absolute atomic E-state index is 12.6.